The summed E-state index contributed by atoms with van der Waals surface area (Å²) in [6.45, 7) is 0. The molecule has 1 aromatic carbocycles. The highest BCUT2D eigenvalue weighted by Crippen LogP contribution is 2.35. The van der Waals surface area contributed by atoms with Gasteiger partial charge in [-0.25, -0.2) is 14.4 Å². The summed E-state index contributed by atoms with van der Waals surface area (Å²) in [6, 6.07) is 6.63. The Balaban J connectivity index is 2.05. The number of halogens is 2. The van der Waals surface area contributed by atoms with E-state index >= 15 is 0 Å². The van der Waals surface area contributed by atoms with Crippen LogP contribution < -0.4 is 0 Å². The predicted molar refractivity (Wildman–Crippen MR) is 68.2 cm³/mol. The maximum Gasteiger partial charge on any atom is 0.222 e. The van der Waals surface area contributed by atoms with Crippen molar-refractivity contribution in [3.05, 3.63) is 58.4 Å². The lowest BCUT2D eigenvalue weighted by atomic mass is 9.83. The minimum atomic E-state index is -0.212. The van der Waals surface area contributed by atoms with Gasteiger partial charge in [0, 0.05) is 12.1 Å². The second-order valence-electron chi connectivity index (χ2n) is 4.55. The first-order valence-electron chi connectivity index (χ1n) is 6.01. The van der Waals surface area contributed by atoms with Gasteiger partial charge in [-0.1, -0.05) is 12.1 Å². The lowest BCUT2D eigenvalue weighted by molar-refractivity contribution is 0.590. The molecule has 1 aliphatic rings. The van der Waals surface area contributed by atoms with Gasteiger partial charge < -0.3 is 0 Å². The molecule has 2 nitrogen and oxygen atoms in total. The highest BCUT2D eigenvalue weighted by Gasteiger charge is 2.23. The second kappa shape index (κ2) is 4.65. The van der Waals surface area contributed by atoms with Gasteiger partial charge in [0.2, 0.25) is 5.28 Å². The van der Waals surface area contributed by atoms with Crippen LogP contribution in [0.15, 0.2) is 30.5 Å². The Kier molecular flexibility index (Phi) is 3.00. The van der Waals surface area contributed by atoms with Crippen LogP contribution in [0.5, 0.6) is 0 Å². The van der Waals surface area contributed by atoms with Gasteiger partial charge >= 0.3 is 0 Å². The third-order valence-corrected chi connectivity index (χ3v) is 3.59. The van der Waals surface area contributed by atoms with Crippen LogP contribution in [-0.4, -0.2) is 9.97 Å². The number of aryl methyl sites for hydroxylation is 1. The molecule has 0 bridgehead atoms. The SMILES string of the molecule is Fc1ccc(C2CCCc3cnc(Cl)nc32)cc1. The molecular weight excluding hydrogens is 251 g/mol. The van der Waals surface area contributed by atoms with E-state index in [1.807, 2.05) is 12.1 Å². The molecule has 3 rings (SSSR count). The zero-order valence-corrected chi connectivity index (χ0v) is 10.5. The van der Waals surface area contributed by atoms with Gasteiger partial charge in [-0.05, 0) is 54.1 Å². The molecule has 1 aliphatic carbocycles. The molecule has 0 saturated heterocycles. The molecule has 0 fully saturated rings. The molecule has 1 atom stereocenters. The minimum absolute atomic E-state index is 0.204. The summed E-state index contributed by atoms with van der Waals surface area (Å²) in [4.78, 5) is 8.38. The fraction of sp³-hybridized carbons (Fsp3) is 0.286. The maximum absolute atomic E-state index is 13.0. The monoisotopic (exact) mass is 262 g/mol. The normalized spacial score (nSPS) is 18.4. The number of rotatable bonds is 1. The largest absolute Gasteiger partial charge is 0.226 e. The third kappa shape index (κ3) is 2.10. The summed E-state index contributed by atoms with van der Waals surface area (Å²) in [5, 5.41) is 0.280. The van der Waals surface area contributed by atoms with Crippen LogP contribution in [-0.2, 0) is 6.42 Å². The van der Waals surface area contributed by atoms with Crippen LogP contribution in [0.2, 0.25) is 5.28 Å². The molecule has 18 heavy (non-hydrogen) atoms. The van der Waals surface area contributed by atoms with Crippen LogP contribution in [0.4, 0.5) is 4.39 Å². The summed E-state index contributed by atoms with van der Waals surface area (Å²) >= 11 is 5.87. The smallest absolute Gasteiger partial charge is 0.222 e. The first kappa shape index (κ1) is 11.6. The Morgan fingerprint density at radius 3 is 2.78 bits per heavy atom. The molecule has 0 spiro atoms. The molecule has 4 heteroatoms. The van der Waals surface area contributed by atoms with Gasteiger partial charge in [0.15, 0.2) is 0 Å². The average Bonchev–Trinajstić information content (AvgIpc) is 2.39. The Morgan fingerprint density at radius 1 is 1.22 bits per heavy atom. The highest BCUT2D eigenvalue weighted by atomic mass is 35.5. The molecule has 1 aromatic heterocycles. The third-order valence-electron chi connectivity index (χ3n) is 3.41. The molecular formula is C14H12ClFN2. The van der Waals surface area contributed by atoms with Crippen molar-refractivity contribution >= 4 is 11.6 Å². The molecule has 1 heterocycles. The van der Waals surface area contributed by atoms with E-state index in [0.717, 1.165) is 36.1 Å². The molecule has 0 N–H and O–H groups in total. The Morgan fingerprint density at radius 2 is 2.00 bits per heavy atom. The first-order valence-corrected chi connectivity index (χ1v) is 6.38. The zero-order chi connectivity index (χ0) is 12.5. The van der Waals surface area contributed by atoms with Crippen molar-refractivity contribution in [2.75, 3.05) is 0 Å². The van der Waals surface area contributed by atoms with Crippen molar-refractivity contribution in [1.29, 1.82) is 0 Å². The predicted octanol–water partition coefficient (Wildman–Crippen LogP) is 3.74. The Hall–Kier alpha value is -1.48. The first-order chi connectivity index (χ1) is 8.74. The van der Waals surface area contributed by atoms with E-state index in [0.29, 0.717) is 0 Å². The summed E-state index contributed by atoms with van der Waals surface area (Å²) in [7, 11) is 0. The molecule has 2 aromatic rings. The molecule has 0 saturated carbocycles. The minimum Gasteiger partial charge on any atom is -0.226 e. The van der Waals surface area contributed by atoms with E-state index in [4.69, 9.17) is 11.6 Å². The average molecular weight is 263 g/mol. The fourth-order valence-corrected chi connectivity index (χ4v) is 2.68. The van der Waals surface area contributed by atoms with E-state index in [2.05, 4.69) is 9.97 Å². The maximum atomic E-state index is 13.0. The summed E-state index contributed by atoms with van der Waals surface area (Å²) in [5.41, 5.74) is 3.24. The second-order valence-corrected chi connectivity index (χ2v) is 4.88. The van der Waals surface area contributed by atoms with Crippen LogP contribution in [0.25, 0.3) is 0 Å². The van der Waals surface area contributed by atoms with Crippen molar-refractivity contribution in [3.8, 4) is 0 Å². The molecule has 1 unspecified atom stereocenters. The van der Waals surface area contributed by atoms with E-state index in [1.54, 1.807) is 6.20 Å². The highest BCUT2D eigenvalue weighted by molar-refractivity contribution is 6.28. The topological polar surface area (TPSA) is 25.8 Å². The van der Waals surface area contributed by atoms with Gasteiger partial charge in [-0.3, -0.25) is 0 Å². The standard InChI is InChI=1S/C14H12ClFN2/c15-14-17-8-10-2-1-3-12(13(10)18-14)9-4-6-11(16)7-5-9/h4-8,12H,1-3H2. The van der Waals surface area contributed by atoms with Gasteiger partial charge in [-0.15, -0.1) is 0 Å². The summed E-state index contributed by atoms with van der Waals surface area (Å²) < 4.78 is 13.0. The number of hydrogen-bond acceptors (Lipinski definition) is 2. The quantitative estimate of drug-likeness (QED) is 0.732. The van der Waals surface area contributed by atoms with Crippen molar-refractivity contribution in [2.24, 2.45) is 0 Å². The van der Waals surface area contributed by atoms with Crippen LogP contribution in [0, 0.1) is 5.82 Å². The Labute approximate surface area is 110 Å². The summed E-state index contributed by atoms with van der Waals surface area (Å²) in [6.07, 6.45) is 4.91. The van der Waals surface area contributed by atoms with Crippen LogP contribution in [0.3, 0.4) is 0 Å². The van der Waals surface area contributed by atoms with Gasteiger partial charge in [0.05, 0.1) is 5.69 Å². The zero-order valence-electron chi connectivity index (χ0n) is 9.74. The molecule has 0 radical (unpaired) electrons. The lowest BCUT2D eigenvalue weighted by Gasteiger charge is -2.24. The number of fused-ring (bicyclic) bond motifs is 1. The lowest BCUT2D eigenvalue weighted by Crippen LogP contribution is -2.14. The Bertz CT molecular complexity index is 569. The van der Waals surface area contributed by atoms with Crippen LogP contribution in [0.1, 0.15) is 35.6 Å². The number of aromatic nitrogens is 2. The van der Waals surface area contributed by atoms with E-state index < -0.39 is 0 Å². The van der Waals surface area contributed by atoms with E-state index in [1.165, 1.54) is 12.1 Å². The van der Waals surface area contributed by atoms with Crippen molar-refractivity contribution in [1.82, 2.24) is 9.97 Å². The number of benzene rings is 1. The van der Waals surface area contributed by atoms with E-state index in [9.17, 15) is 4.39 Å². The number of nitrogens with zero attached hydrogens (tertiary/aromatic N) is 2. The molecule has 0 aliphatic heterocycles. The van der Waals surface area contributed by atoms with Crippen LogP contribution >= 0.6 is 11.6 Å². The van der Waals surface area contributed by atoms with E-state index in [-0.39, 0.29) is 17.0 Å². The summed E-state index contributed by atoms with van der Waals surface area (Å²) in [5.74, 6) is -0.00893. The molecule has 92 valence electrons. The van der Waals surface area contributed by atoms with Crippen molar-refractivity contribution in [2.45, 2.75) is 25.2 Å². The number of hydrogen-bond donors (Lipinski definition) is 0. The van der Waals surface area contributed by atoms with Gasteiger partial charge in [0.25, 0.3) is 0 Å². The van der Waals surface area contributed by atoms with Crippen molar-refractivity contribution < 1.29 is 4.39 Å². The van der Waals surface area contributed by atoms with Gasteiger partial charge in [0.1, 0.15) is 5.82 Å². The molecule has 0 amide bonds. The van der Waals surface area contributed by atoms with Gasteiger partial charge in [-0.2, -0.15) is 0 Å². The van der Waals surface area contributed by atoms with Crippen molar-refractivity contribution in [3.63, 3.8) is 0 Å². The fourth-order valence-electron chi connectivity index (χ4n) is 2.54.